The highest BCUT2D eigenvalue weighted by Crippen LogP contribution is 2.27. The summed E-state index contributed by atoms with van der Waals surface area (Å²) in [5, 5.41) is 15.4. The van der Waals surface area contributed by atoms with Crippen molar-refractivity contribution < 1.29 is 19.2 Å². The Bertz CT molecular complexity index is 1030. The molecule has 0 amide bonds. The molecule has 0 aliphatic heterocycles. The molecule has 0 spiro atoms. The maximum atomic E-state index is 12.6. The van der Waals surface area contributed by atoms with E-state index in [4.69, 9.17) is 21.1 Å². The zero-order valence-corrected chi connectivity index (χ0v) is 15.8. The monoisotopic (exact) mass is 401 g/mol. The first-order valence-electron chi connectivity index (χ1n) is 8.21. The number of carbonyl (C=O) groups is 1. The Morgan fingerprint density at radius 3 is 2.61 bits per heavy atom. The van der Waals surface area contributed by atoms with Crippen LogP contribution in [0.1, 0.15) is 21.6 Å². The zero-order valence-electron chi connectivity index (χ0n) is 15.1. The number of hydrogen-bond donors (Lipinski definition) is 0. The molecule has 0 saturated carbocycles. The lowest BCUT2D eigenvalue weighted by molar-refractivity contribution is -0.385. The molecule has 9 heteroatoms. The number of aromatic nitrogens is 2. The van der Waals surface area contributed by atoms with Crippen molar-refractivity contribution in [2.45, 2.75) is 13.5 Å². The third-order valence-electron chi connectivity index (χ3n) is 4.04. The van der Waals surface area contributed by atoms with Gasteiger partial charge in [-0.3, -0.25) is 10.1 Å². The average molecular weight is 402 g/mol. The fraction of sp³-hybridized carbons (Fsp3) is 0.158. The van der Waals surface area contributed by atoms with Crippen LogP contribution in [0.3, 0.4) is 0 Å². The van der Waals surface area contributed by atoms with E-state index in [0.29, 0.717) is 22.7 Å². The first-order valence-corrected chi connectivity index (χ1v) is 8.59. The van der Waals surface area contributed by atoms with Crippen molar-refractivity contribution in [2.75, 3.05) is 7.11 Å². The highest BCUT2D eigenvalue weighted by atomic mass is 35.5. The van der Waals surface area contributed by atoms with Gasteiger partial charge in [0.05, 0.1) is 23.4 Å². The minimum atomic E-state index is -0.682. The molecule has 2 aromatic carbocycles. The third kappa shape index (κ3) is 3.81. The van der Waals surface area contributed by atoms with Gasteiger partial charge in [0, 0.05) is 17.7 Å². The Hall–Kier alpha value is -3.39. The van der Waals surface area contributed by atoms with Crippen molar-refractivity contribution in [1.29, 1.82) is 0 Å². The lowest BCUT2D eigenvalue weighted by Crippen LogP contribution is -2.08. The van der Waals surface area contributed by atoms with Gasteiger partial charge in [-0.15, -0.1) is 0 Å². The van der Waals surface area contributed by atoms with Gasteiger partial charge in [-0.05, 0) is 25.1 Å². The number of nitro groups is 1. The maximum absolute atomic E-state index is 12.6. The molecule has 8 nitrogen and oxygen atoms in total. The molecule has 28 heavy (non-hydrogen) atoms. The van der Waals surface area contributed by atoms with Crippen LogP contribution in [0, 0.1) is 17.0 Å². The summed E-state index contributed by atoms with van der Waals surface area (Å²) in [6.07, 6.45) is 0. The van der Waals surface area contributed by atoms with Gasteiger partial charge >= 0.3 is 5.97 Å². The number of hydrogen-bond acceptors (Lipinski definition) is 6. The quantitative estimate of drug-likeness (QED) is 0.350. The fourth-order valence-corrected chi connectivity index (χ4v) is 3.03. The van der Waals surface area contributed by atoms with Crippen molar-refractivity contribution in [3.05, 3.63) is 80.6 Å². The maximum Gasteiger partial charge on any atom is 0.343 e. The van der Waals surface area contributed by atoms with Crippen molar-refractivity contribution in [2.24, 2.45) is 0 Å². The number of nitro benzene ring substituents is 1. The predicted molar refractivity (Wildman–Crippen MR) is 102 cm³/mol. The van der Waals surface area contributed by atoms with E-state index in [2.05, 4.69) is 5.10 Å². The highest BCUT2D eigenvalue weighted by molar-refractivity contribution is 6.33. The second kappa shape index (κ2) is 8.10. The lowest BCUT2D eigenvalue weighted by atomic mass is 10.2. The van der Waals surface area contributed by atoms with E-state index >= 15 is 0 Å². The van der Waals surface area contributed by atoms with Gasteiger partial charge in [0.1, 0.15) is 23.1 Å². The summed E-state index contributed by atoms with van der Waals surface area (Å²) in [5.74, 6) is -0.306. The number of nitrogens with zero attached hydrogens (tertiary/aromatic N) is 3. The molecule has 1 heterocycles. The van der Waals surface area contributed by atoms with Gasteiger partial charge < -0.3 is 9.47 Å². The Kier molecular flexibility index (Phi) is 5.60. The van der Waals surface area contributed by atoms with Crippen LogP contribution in [-0.2, 0) is 11.3 Å². The molecule has 0 N–H and O–H groups in total. The summed E-state index contributed by atoms with van der Waals surface area (Å²) in [7, 11) is 1.43. The Balaban J connectivity index is 1.84. The third-order valence-corrected chi connectivity index (χ3v) is 4.39. The number of halogens is 1. The minimum Gasteiger partial charge on any atom is -0.496 e. The summed E-state index contributed by atoms with van der Waals surface area (Å²) in [6.45, 7) is 1.44. The molecular weight excluding hydrogens is 386 g/mol. The molecule has 3 rings (SSSR count). The predicted octanol–water partition coefficient (Wildman–Crippen LogP) is 4.11. The van der Waals surface area contributed by atoms with Crippen LogP contribution in [0.2, 0.25) is 5.15 Å². The van der Waals surface area contributed by atoms with Crippen LogP contribution in [0.4, 0.5) is 5.69 Å². The van der Waals surface area contributed by atoms with Gasteiger partial charge in [-0.1, -0.05) is 29.8 Å². The van der Waals surface area contributed by atoms with E-state index < -0.39 is 10.9 Å². The van der Waals surface area contributed by atoms with E-state index in [-0.39, 0.29) is 23.0 Å². The van der Waals surface area contributed by atoms with E-state index in [1.165, 1.54) is 30.0 Å². The zero-order chi connectivity index (χ0) is 20.3. The smallest absolute Gasteiger partial charge is 0.343 e. The van der Waals surface area contributed by atoms with Crippen LogP contribution in [-0.4, -0.2) is 27.8 Å². The molecule has 0 fully saturated rings. The summed E-state index contributed by atoms with van der Waals surface area (Å²) < 4.78 is 11.9. The molecule has 1 aromatic heterocycles. The number of ether oxygens (including phenoxy) is 2. The Morgan fingerprint density at radius 2 is 1.96 bits per heavy atom. The van der Waals surface area contributed by atoms with E-state index in [9.17, 15) is 14.9 Å². The summed E-state index contributed by atoms with van der Waals surface area (Å²) in [5.41, 5.74) is 1.49. The molecular formula is C19H16ClN3O5. The number of carbonyl (C=O) groups excluding carboxylic acids is 1. The van der Waals surface area contributed by atoms with Crippen molar-refractivity contribution in [1.82, 2.24) is 9.78 Å². The van der Waals surface area contributed by atoms with E-state index in [1.54, 1.807) is 19.1 Å². The number of para-hydroxylation sites is 1. The fourth-order valence-electron chi connectivity index (χ4n) is 2.68. The first kappa shape index (κ1) is 19.4. The minimum absolute atomic E-state index is 0.125. The molecule has 0 aliphatic rings. The van der Waals surface area contributed by atoms with Crippen LogP contribution < -0.4 is 4.74 Å². The topological polar surface area (TPSA) is 96.5 Å². The molecule has 0 atom stereocenters. The van der Waals surface area contributed by atoms with Crippen LogP contribution >= 0.6 is 11.6 Å². The van der Waals surface area contributed by atoms with Crippen LogP contribution in [0.5, 0.6) is 5.75 Å². The van der Waals surface area contributed by atoms with Gasteiger partial charge in [-0.25, -0.2) is 9.48 Å². The van der Waals surface area contributed by atoms with E-state index in [0.717, 1.165) is 0 Å². The number of non-ortho nitro benzene ring substituents is 1. The standard InChI is InChI=1S/C19H16ClN3O5/c1-12-17(18(20)22(21-12)14-6-4-3-5-7-14)19(24)28-11-13-10-15(23(25)26)8-9-16(13)27-2/h3-10H,11H2,1-2H3. The molecule has 0 bridgehead atoms. The Morgan fingerprint density at radius 1 is 1.25 bits per heavy atom. The molecule has 0 aliphatic carbocycles. The van der Waals surface area contributed by atoms with Crippen molar-refractivity contribution >= 4 is 23.3 Å². The normalized spacial score (nSPS) is 10.5. The highest BCUT2D eigenvalue weighted by Gasteiger charge is 2.23. The summed E-state index contributed by atoms with van der Waals surface area (Å²) >= 11 is 6.35. The number of esters is 1. The average Bonchev–Trinajstić information content (AvgIpc) is 3.00. The number of aryl methyl sites for hydroxylation is 1. The van der Waals surface area contributed by atoms with Crippen molar-refractivity contribution in [3.8, 4) is 11.4 Å². The number of benzene rings is 2. The summed E-state index contributed by atoms with van der Waals surface area (Å²) in [6, 6.07) is 13.2. The largest absolute Gasteiger partial charge is 0.496 e. The molecule has 144 valence electrons. The first-order chi connectivity index (χ1) is 13.4. The van der Waals surface area contributed by atoms with Gasteiger partial charge in [0.15, 0.2) is 0 Å². The van der Waals surface area contributed by atoms with E-state index in [1.807, 2.05) is 18.2 Å². The van der Waals surface area contributed by atoms with Crippen molar-refractivity contribution in [3.63, 3.8) is 0 Å². The van der Waals surface area contributed by atoms with Gasteiger partial charge in [0.2, 0.25) is 0 Å². The second-order valence-corrected chi connectivity index (χ2v) is 6.19. The lowest BCUT2D eigenvalue weighted by Gasteiger charge is -2.09. The SMILES string of the molecule is COc1ccc([N+](=O)[O-])cc1COC(=O)c1c(C)nn(-c2ccccc2)c1Cl. The molecule has 0 unspecified atom stereocenters. The second-order valence-electron chi connectivity index (χ2n) is 5.83. The molecule has 3 aromatic rings. The number of methoxy groups -OCH3 is 1. The molecule has 0 radical (unpaired) electrons. The number of rotatable bonds is 6. The molecule has 0 saturated heterocycles. The van der Waals surface area contributed by atoms with Gasteiger partial charge in [0.25, 0.3) is 5.69 Å². The Labute approximate surface area is 165 Å². The van der Waals surface area contributed by atoms with Crippen LogP contribution in [0.15, 0.2) is 48.5 Å². The van der Waals surface area contributed by atoms with Crippen LogP contribution in [0.25, 0.3) is 5.69 Å². The van der Waals surface area contributed by atoms with Gasteiger partial charge in [-0.2, -0.15) is 5.10 Å². The summed E-state index contributed by atoms with van der Waals surface area (Å²) in [4.78, 5) is 23.0.